The van der Waals surface area contributed by atoms with Gasteiger partial charge in [-0.2, -0.15) is 0 Å². The lowest BCUT2D eigenvalue weighted by molar-refractivity contribution is -0.138. The van der Waals surface area contributed by atoms with Crippen LogP contribution < -0.4 is 5.32 Å². The lowest BCUT2D eigenvalue weighted by atomic mass is 9.99. The van der Waals surface area contributed by atoms with Crippen LogP contribution in [0.5, 0.6) is 0 Å². The molecule has 0 fully saturated rings. The zero-order valence-corrected chi connectivity index (χ0v) is 10.0. The van der Waals surface area contributed by atoms with Gasteiger partial charge >= 0.3 is 5.97 Å². The lowest BCUT2D eigenvalue weighted by Gasteiger charge is -2.31. The highest BCUT2D eigenvalue weighted by atomic mass is 35.5. The van der Waals surface area contributed by atoms with Crippen molar-refractivity contribution in [3.63, 3.8) is 0 Å². The summed E-state index contributed by atoms with van der Waals surface area (Å²) >= 11 is 5.75. The number of rotatable bonds is 2. The molecule has 1 aliphatic rings. The summed E-state index contributed by atoms with van der Waals surface area (Å²) in [5, 5.41) is 11.4. The molecule has 1 unspecified atom stereocenters. The topological polar surface area (TPSA) is 62.2 Å². The van der Waals surface area contributed by atoms with E-state index in [-0.39, 0.29) is 5.82 Å². The number of halogens is 3. The average molecular weight is 275 g/mol. The summed E-state index contributed by atoms with van der Waals surface area (Å²) in [5.74, 6) is -1.42. The van der Waals surface area contributed by atoms with Gasteiger partial charge in [0.05, 0.1) is 0 Å². The normalized spacial score (nSPS) is 22.2. The van der Waals surface area contributed by atoms with Gasteiger partial charge < -0.3 is 10.4 Å². The fraction of sp³-hybridized carbons (Fsp3) is 0.273. The Morgan fingerprint density at radius 1 is 1.56 bits per heavy atom. The molecule has 0 saturated heterocycles. The first kappa shape index (κ1) is 12.8. The number of nitrogens with one attached hydrogen (secondary N) is 1. The molecule has 0 saturated carbocycles. The molecule has 1 aromatic rings. The predicted molar refractivity (Wildman–Crippen MR) is 62.8 cm³/mol. The second-order valence-electron chi connectivity index (χ2n) is 3.88. The summed E-state index contributed by atoms with van der Waals surface area (Å²) in [5.41, 5.74) is 0.308. The van der Waals surface area contributed by atoms with Crippen LogP contribution in [0, 0.1) is 6.92 Å². The Balaban J connectivity index is 2.60. The number of carboxylic acid groups (broad SMARTS) is 1. The lowest BCUT2D eigenvalue weighted by Crippen LogP contribution is -2.46. The van der Waals surface area contributed by atoms with E-state index in [2.05, 4.69) is 10.3 Å². The third-order valence-electron chi connectivity index (χ3n) is 2.59. The number of nitrogens with zero attached hydrogens (tertiary/aromatic N) is 1. The number of aryl methyl sites for hydroxylation is 1. The predicted octanol–water partition coefficient (Wildman–Crippen LogP) is 2.48. The first-order valence-electron chi connectivity index (χ1n) is 5.03. The van der Waals surface area contributed by atoms with Crippen molar-refractivity contribution in [3.05, 3.63) is 29.0 Å². The van der Waals surface area contributed by atoms with Crippen LogP contribution in [-0.2, 0) is 4.79 Å². The van der Waals surface area contributed by atoms with Gasteiger partial charge in [-0.05, 0) is 25.1 Å². The van der Waals surface area contributed by atoms with Crippen molar-refractivity contribution in [2.75, 3.05) is 5.32 Å². The van der Waals surface area contributed by atoms with Crippen LogP contribution in [0.1, 0.15) is 11.3 Å². The molecular formula is C11H9ClF2N2O2. The van der Waals surface area contributed by atoms with E-state index < -0.39 is 23.0 Å². The minimum atomic E-state index is -2.97. The van der Waals surface area contributed by atoms with Gasteiger partial charge in [0.15, 0.2) is 0 Å². The van der Waals surface area contributed by atoms with Crippen LogP contribution in [0.4, 0.5) is 14.6 Å². The van der Waals surface area contributed by atoms with Gasteiger partial charge in [-0.1, -0.05) is 11.6 Å². The van der Waals surface area contributed by atoms with Gasteiger partial charge in [0.1, 0.15) is 5.82 Å². The zero-order chi connectivity index (χ0) is 13.5. The van der Waals surface area contributed by atoms with Gasteiger partial charge in [-0.25, -0.2) is 18.6 Å². The molecule has 0 radical (unpaired) electrons. The Kier molecular flexibility index (Phi) is 2.98. The van der Waals surface area contributed by atoms with Crippen molar-refractivity contribution in [2.24, 2.45) is 0 Å². The summed E-state index contributed by atoms with van der Waals surface area (Å²) in [6.45, 7) is 1.70. The Morgan fingerprint density at radius 2 is 2.22 bits per heavy atom. The van der Waals surface area contributed by atoms with Crippen molar-refractivity contribution >= 4 is 29.5 Å². The summed E-state index contributed by atoms with van der Waals surface area (Å²) in [4.78, 5) is 12.8. The van der Waals surface area contributed by atoms with Crippen LogP contribution in [0.15, 0.2) is 17.7 Å². The maximum Gasteiger partial charge on any atom is 0.349 e. The van der Waals surface area contributed by atoms with E-state index >= 15 is 0 Å². The standard InChI is InChI=1S/C11H9ClF2N2O2/c1-5-2-3-6-4-7(8(13)14)11(12,10(17)18)16-9(6)15-5/h2-4,8H,1H3,(H,15,16)(H,17,18). The third kappa shape index (κ3) is 1.92. The van der Waals surface area contributed by atoms with Crippen molar-refractivity contribution in [2.45, 2.75) is 18.3 Å². The van der Waals surface area contributed by atoms with Crippen LogP contribution in [0.25, 0.3) is 6.08 Å². The second kappa shape index (κ2) is 4.20. The first-order chi connectivity index (χ1) is 8.34. The van der Waals surface area contributed by atoms with Crippen molar-refractivity contribution < 1.29 is 18.7 Å². The molecule has 2 heterocycles. The van der Waals surface area contributed by atoms with E-state index in [9.17, 15) is 13.6 Å². The monoisotopic (exact) mass is 274 g/mol. The van der Waals surface area contributed by atoms with Crippen LogP contribution in [-0.4, -0.2) is 27.5 Å². The van der Waals surface area contributed by atoms with Crippen molar-refractivity contribution in [3.8, 4) is 0 Å². The number of fused-ring (bicyclic) bond motifs is 1. The Hall–Kier alpha value is -1.69. The molecule has 0 aromatic carbocycles. The number of aromatic nitrogens is 1. The van der Waals surface area contributed by atoms with Crippen molar-refractivity contribution in [1.82, 2.24) is 4.98 Å². The molecule has 1 aliphatic heterocycles. The summed E-state index contributed by atoms with van der Waals surface area (Å²) in [6.07, 6.45) is -1.91. The quantitative estimate of drug-likeness (QED) is 0.642. The first-order valence-corrected chi connectivity index (χ1v) is 5.41. The zero-order valence-electron chi connectivity index (χ0n) is 9.25. The van der Waals surface area contributed by atoms with E-state index in [0.717, 1.165) is 6.08 Å². The molecule has 0 aliphatic carbocycles. The molecular weight excluding hydrogens is 266 g/mol. The molecule has 0 spiro atoms. The van der Waals surface area contributed by atoms with E-state index in [1.54, 1.807) is 19.1 Å². The molecule has 2 N–H and O–H groups in total. The highest BCUT2D eigenvalue weighted by Gasteiger charge is 2.47. The number of hydrogen-bond donors (Lipinski definition) is 2. The maximum atomic E-state index is 12.9. The average Bonchev–Trinajstić information content (AvgIpc) is 2.27. The van der Waals surface area contributed by atoms with Gasteiger partial charge in [-0.15, -0.1) is 0 Å². The minimum Gasteiger partial charge on any atom is -0.478 e. The summed E-state index contributed by atoms with van der Waals surface area (Å²) < 4.78 is 25.7. The second-order valence-corrected chi connectivity index (χ2v) is 4.45. The van der Waals surface area contributed by atoms with E-state index in [1.165, 1.54) is 0 Å². The van der Waals surface area contributed by atoms with Gasteiger partial charge in [0.2, 0.25) is 5.00 Å². The fourth-order valence-corrected chi connectivity index (χ4v) is 1.90. The highest BCUT2D eigenvalue weighted by molar-refractivity contribution is 6.38. The summed E-state index contributed by atoms with van der Waals surface area (Å²) in [6, 6.07) is 3.22. The van der Waals surface area contributed by atoms with E-state index in [1.807, 2.05) is 0 Å². The molecule has 96 valence electrons. The number of pyridine rings is 1. The Bertz CT molecular complexity index is 548. The number of carboxylic acids is 1. The summed E-state index contributed by atoms with van der Waals surface area (Å²) in [7, 11) is 0. The minimum absolute atomic E-state index is 0.178. The van der Waals surface area contributed by atoms with E-state index in [0.29, 0.717) is 11.3 Å². The van der Waals surface area contributed by atoms with Gasteiger partial charge in [-0.3, -0.25) is 0 Å². The Morgan fingerprint density at radius 3 is 2.78 bits per heavy atom. The molecule has 0 amide bonds. The maximum absolute atomic E-state index is 12.9. The van der Waals surface area contributed by atoms with Crippen LogP contribution in [0.3, 0.4) is 0 Å². The molecule has 4 nitrogen and oxygen atoms in total. The Labute approximate surface area is 106 Å². The van der Waals surface area contributed by atoms with Crippen molar-refractivity contribution in [1.29, 1.82) is 0 Å². The molecule has 2 rings (SSSR count). The number of anilines is 1. The molecule has 1 atom stereocenters. The number of alkyl halides is 3. The number of carbonyl (C=O) groups is 1. The SMILES string of the molecule is Cc1ccc2c(n1)NC(Cl)(C(=O)O)C(C(F)F)=C2. The number of aliphatic carboxylic acids is 1. The van der Waals surface area contributed by atoms with Crippen LogP contribution in [0.2, 0.25) is 0 Å². The molecule has 0 bridgehead atoms. The molecule has 7 heteroatoms. The largest absolute Gasteiger partial charge is 0.478 e. The highest BCUT2D eigenvalue weighted by Crippen LogP contribution is 2.38. The molecule has 1 aromatic heterocycles. The number of hydrogen-bond acceptors (Lipinski definition) is 3. The third-order valence-corrected chi connectivity index (χ3v) is 3.07. The molecule has 18 heavy (non-hydrogen) atoms. The van der Waals surface area contributed by atoms with Gasteiger partial charge in [0.25, 0.3) is 6.43 Å². The van der Waals surface area contributed by atoms with Gasteiger partial charge in [0, 0.05) is 16.8 Å². The van der Waals surface area contributed by atoms with E-state index in [4.69, 9.17) is 16.7 Å². The van der Waals surface area contributed by atoms with Crippen LogP contribution >= 0.6 is 11.6 Å². The smallest absolute Gasteiger partial charge is 0.349 e. The fourth-order valence-electron chi connectivity index (χ4n) is 1.68.